The molecule has 0 radical (unpaired) electrons. The van der Waals surface area contributed by atoms with Crippen LogP contribution in [0.1, 0.15) is 18.9 Å². The van der Waals surface area contributed by atoms with E-state index in [1.807, 2.05) is 0 Å². The number of hydrogen-bond donors (Lipinski definition) is 0. The van der Waals surface area contributed by atoms with Crippen molar-refractivity contribution in [1.82, 2.24) is 0 Å². The lowest BCUT2D eigenvalue weighted by atomic mass is 9.83. The van der Waals surface area contributed by atoms with Gasteiger partial charge in [0.25, 0.3) is 0 Å². The molecular formula is C41H29Br. The summed E-state index contributed by atoms with van der Waals surface area (Å²) in [5.74, 6) is 0. The summed E-state index contributed by atoms with van der Waals surface area (Å²) in [6.07, 6.45) is 6.48. The van der Waals surface area contributed by atoms with Crippen LogP contribution >= 0.6 is 15.9 Å². The van der Waals surface area contributed by atoms with Crippen molar-refractivity contribution in [2.45, 2.75) is 19.8 Å². The molecule has 0 fully saturated rings. The summed E-state index contributed by atoms with van der Waals surface area (Å²) in [7, 11) is 0. The molecule has 0 nitrogen and oxygen atoms in total. The minimum atomic E-state index is 1.01. The highest BCUT2D eigenvalue weighted by Crippen LogP contribution is 2.47. The zero-order valence-corrected chi connectivity index (χ0v) is 25.1. The largest absolute Gasteiger partial charge is 0.0917 e. The number of rotatable bonds is 4. The molecular weight excluding hydrogens is 572 g/mol. The standard InChI is InChI=1S/C41H29Br/c1-2-3-4-17-30-22-26-13-5-10-19-32(26)39-35(23-27-14-6-9-18-31(27)38(30)39)36-24-28-15-7-12-21-34(28)41-37(42)25-29-16-8-11-20-33(29)40(36)41/h2-3,5-16,18-25H,4,17H2,1H3. The predicted molar refractivity (Wildman–Crippen MR) is 188 cm³/mol. The highest BCUT2D eigenvalue weighted by atomic mass is 79.9. The number of aryl methyl sites for hydroxylation is 1. The molecule has 0 atom stereocenters. The van der Waals surface area contributed by atoms with Crippen molar-refractivity contribution in [3.63, 3.8) is 0 Å². The molecule has 200 valence electrons. The Balaban J connectivity index is 1.65. The molecule has 0 aliphatic carbocycles. The lowest BCUT2D eigenvalue weighted by molar-refractivity contribution is 1.01. The first kappa shape index (κ1) is 25.3. The molecule has 0 amide bonds. The van der Waals surface area contributed by atoms with Crippen molar-refractivity contribution in [3.8, 4) is 11.1 Å². The molecule has 0 heterocycles. The molecule has 1 heteroatoms. The fourth-order valence-electron chi connectivity index (χ4n) is 7.03. The molecule has 42 heavy (non-hydrogen) atoms. The van der Waals surface area contributed by atoms with Crippen LogP contribution in [0.25, 0.3) is 75.8 Å². The zero-order chi connectivity index (χ0) is 28.2. The lowest BCUT2D eigenvalue weighted by Gasteiger charge is -2.20. The molecule has 0 saturated carbocycles. The van der Waals surface area contributed by atoms with Gasteiger partial charge in [-0.05, 0) is 114 Å². The maximum atomic E-state index is 4.02. The molecule has 0 N–H and O–H groups in total. The van der Waals surface area contributed by atoms with E-state index < -0.39 is 0 Å². The van der Waals surface area contributed by atoms with Gasteiger partial charge in [-0.3, -0.25) is 0 Å². The second-order valence-corrected chi connectivity index (χ2v) is 12.1. The van der Waals surface area contributed by atoms with Crippen molar-refractivity contribution in [1.29, 1.82) is 0 Å². The van der Waals surface area contributed by atoms with Crippen LogP contribution in [0, 0.1) is 0 Å². The van der Waals surface area contributed by atoms with Gasteiger partial charge in [0, 0.05) is 9.86 Å². The predicted octanol–water partition coefficient (Wildman–Crippen LogP) is 12.5. The molecule has 0 aliphatic rings. The van der Waals surface area contributed by atoms with Crippen LogP contribution in [0.4, 0.5) is 0 Å². The molecule has 0 unspecified atom stereocenters. The highest BCUT2D eigenvalue weighted by molar-refractivity contribution is 9.10. The number of fused-ring (bicyclic) bond motifs is 10. The van der Waals surface area contributed by atoms with Crippen molar-refractivity contribution in [2.24, 2.45) is 0 Å². The van der Waals surface area contributed by atoms with Crippen molar-refractivity contribution < 1.29 is 0 Å². The Bertz CT molecular complexity index is 2370. The Labute approximate surface area is 254 Å². The highest BCUT2D eigenvalue weighted by Gasteiger charge is 2.20. The third-order valence-electron chi connectivity index (χ3n) is 8.84. The minimum absolute atomic E-state index is 1.01. The van der Waals surface area contributed by atoms with Crippen LogP contribution in [-0.4, -0.2) is 0 Å². The van der Waals surface area contributed by atoms with Gasteiger partial charge in [-0.1, -0.05) is 131 Å². The summed E-state index contributed by atoms with van der Waals surface area (Å²) in [5, 5.41) is 15.6. The molecule has 0 spiro atoms. The van der Waals surface area contributed by atoms with Gasteiger partial charge in [0.15, 0.2) is 0 Å². The van der Waals surface area contributed by atoms with Crippen molar-refractivity contribution in [2.75, 3.05) is 0 Å². The van der Waals surface area contributed by atoms with Gasteiger partial charge in [-0.15, -0.1) is 0 Å². The van der Waals surface area contributed by atoms with Gasteiger partial charge in [0.1, 0.15) is 0 Å². The van der Waals surface area contributed by atoms with Gasteiger partial charge in [0.05, 0.1) is 0 Å². The van der Waals surface area contributed by atoms with E-state index in [1.54, 1.807) is 0 Å². The Hall–Kier alpha value is -4.46. The average Bonchev–Trinajstić information content (AvgIpc) is 3.03. The van der Waals surface area contributed by atoms with E-state index in [4.69, 9.17) is 0 Å². The van der Waals surface area contributed by atoms with Crippen molar-refractivity contribution >= 4 is 80.6 Å². The van der Waals surface area contributed by atoms with E-state index in [2.05, 4.69) is 156 Å². The average molecular weight is 602 g/mol. The van der Waals surface area contributed by atoms with Gasteiger partial charge in [-0.2, -0.15) is 0 Å². The summed E-state index contributed by atoms with van der Waals surface area (Å²) in [5.41, 5.74) is 4.00. The zero-order valence-electron chi connectivity index (χ0n) is 23.5. The van der Waals surface area contributed by atoms with Gasteiger partial charge >= 0.3 is 0 Å². The second kappa shape index (κ2) is 10.1. The van der Waals surface area contributed by atoms with E-state index in [1.165, 1.54) is 81.3 Å². The molecule has 8 rings (SSSR count). The Morgan fingerprint density at radius 2 is 0.929 bits per heavy atom. The summed E-state index contributed by atoms with van der Waals surface area (Å²) in [4.78, 5) is 0. The monoisotopic (exact) mass is 600 g/mol. The molecule has 0 saturated heterocycles. The van der Waals surface area contributed by atoms with Crippen LogP contribution in [0.15, 0.2) is 138 Å². The van der Waals surface area contributed by atoms with E-state index in [9.17, 15) is 0 Å². The summed E-state index contributed by atoms with van der Waals surface area (Å²) in [6, 6.07) is 45.1. The Morgan fingerprint density at radius 3 is 1.48 bits per heavy atom. The first-order valence-corrected chi connectivity index (χ1v) is 15.5. The lowest BCUT2D eigenvalue weighted by Crippen LogP contribution is -1.94. The van der Waals surface area contributed by atoms with E-state index in [0.29, 0.717) is 0 Å². The SMILES string of the molecule is CC=CCCc1cc2ccccc2c2c(-c3cc4ccccc4c4c(Br)cc5ccccc5c34)cc3ccccc3c12. The first-order valence-electron chi connectivity index (χ1n) is 14.7. The fourth-order valence-corrected chi connectivity index (χ4v) is 7.69. The molecule has 0 bridgehead atoms. The van der Waals surface area contributed by atoms with Gasteiger partial charge in [0.2, 0.25) is 0 Å². The van der Waals surface area contributed by atoms with Crippen LogP contribution in [0.2, 0.25) is 0 Å². The molecule has 0 aliphatic heterocycles. The smallest absolute Gasteiger partial charge is 0.0266 e. The second-order valence-electron chi connectivity index (χ2n) is 11.2. The number of halogens is 1. The first-order chi connectivity index (χ1) is 20.7. The van der Waals surface area contributed by atoms with Crippen LogP contribution < -0.4 is 0 Å². The minimum Gasteiger partial charge on any atom is -0.0917 e. The van der Waals surface area contributed by atoms with Gasteiger partial charge in [-0.25, -0.2) is 0 Å². The maximum absolute atomic E-state index is 4.02. The maximum Gasteiger partial charge on any atom is 0.0266 e. The van der Waals surface area contributed by atoms with E-state index in [-0.39, 0.29) is 0 Å². The molecule has 8 aromatic carbocycles. The van der Waals surface area contributed by atoms with Crippen LogP contribution in [-0.2, 0) is 6.42 Å². The molecule has 8 aromatic rings. The van der Waals surface area contributed by atoms with Crippen LogP contribution in [0.3, 0.4) is 0 Å². The summed E-state index contributed by atoms with van der Waals surface area (Å²) >= 11 is 4.02. The van der Waals surface area contributed by atoms with E-state index in [0.717, 1.165) is 17.3 Å². The Kier molecular flexibility index (Phi) is 6.09. The number of allylic oxidation sites excluding steroid dienone is 2. The fraction of sp³-hybridized carbons (Fsp3) is 0.0732. The summed E-state index contributed by atoms with van der Waals surface area (Å²) < 4.78 is 1.14. The topological polar surface area (TPSA) is 0 Å². The van der Waals surface area contributed by atoms with Crippen molar-refractivity contribution in [3.05, 3.63) is 144 Å². The van der Waals surface area contributed by atoms with Gasteiger partial charge < -0.3 is 0 Å². The normalized spacial score (nSPS) is 12.1. The third-order valence-corrected chi connectivity index (χ3v) is 9.46. The summed E-state index contributed by atoms with van der Waals surface area (Å²) in [6.45, 7) is 2.11. The number of hydrogen-bond acceptors (Lipinski definition) is 0. The Morgan fingerprint density at radius 1 is 0.500 bits per heavy atom. The van der Waals surface area contributed by atoms with Crippen LogP contribution in [0.5, 0.6) is 0 Å². The molecule has 0 aromatic heterocycles. The quantitative estimate of drug-likeness (QED) is 0.139. The number of benzene rings is 8. The van der Waals surface area contributed by atoms with E-state index >= 15 is 0 Å². The third kappa shape index (κ3) is 3.88.